The minimum absolute atomic E-state index is 0. The van der Waals surface area contributed by atoms with E-state index >= 15 is 0 Å². The van der Waals surface area contributed by atoms with Crippen LogP contribution in [-0.2, 0) is 31.6 Å². The summed E-state index contributed by atoms with van der Waals surface area (Å²) in [6, 6.07) is 0. The third kappa shape index (κ3) is 11.6. The summed E-state index contributed by atoms with van der Waals surface area (Å²) in [6.45, 7) is -0.707. The van der Waals surface area contributed by atoms with Crippen LogP contribution < -0.4 is 139 Å². The second-order valence-corrected chi connectivity index (χ2v) is 10.6. The van der Waals surface area contributed by atoms with Crippen LogP contribution >= 0.6 is 34.9 Å². The number of phosphoric acid groups is 2. The van der Waals surface area contributed by atoms with Crippen LogP contribution in [-0.4, -0.2) is 68.5 Å². The summed E-state index contributed by atoms with van der Waals surface area (Å²) in [4.78, 5) is 44.7. The van der Waals surface area contributed by atoms with Crippen molar-refractivity contribution in [3.05, 3.63) is 6.33 Å². The maximum atomic E-state index is 12.3. The first-order chi connectivity index (χ1) is 15.1. The molecule has 0 aromatic carbocycles. The molecule has 1 fully saturated rings. The number of nitrogen functional groups attached to an aromatic ring is 1. The standard InChI is InChI=1S/C11H20BN5O12P3S.4Na/c1-33-11-15-8(13)5-9(16-11)17(3-14-5)10-7(19)6(18)4(27-10)2-26-30(12,20)28-32(24,25)29-31(21,22)23;;;;/h3-4,6-7,10,18-19H,2H2,1,12H3,(H,24,25)(H2,13,15,16)(H2,21,22,23);;;;/q-1;4*+1/p-3/t4-,6+,7-,10-,30?;;;;/m1..../s1. The van der Waals surface area contributed by atoms with Crippen molar-refractivity contribution in [3.8, 4) is 0 Å². The molecule has 37 heavy (non-hydrogen) atoms. The maximum Gasteiger partial charge on any atom is 1.00 e. The first-order valence-electron chi connectivity index (χ1n) is 8.21. The van der Waals surface area contributed by atoms with Gasteiger partial charge in [0.1, 0.15) is 23.8 Å². The molecule has 186 valence electrons. The van der Waals surface area contributed by atoms with E-state index in [2.05, 4.69) is 23.6 Å². The quantitative estimate of drug-likeness (QED) is 0.0995. The fraction of sp³-hybridized carbons (Fsp3) is 0.545. The van der Waals surface area contributed by atoms with Crippen molar-refractivity contribution >= 4 is 59.4 Å². The summed E-state index contributed by atoms with van der Waals surface area (Å²) in [7, 11) is -17.6. The average molecular weight is 639 g/mol. The average Bonchev–Trinajstić information content (AvgIpc) is 3.19. The van der Waals surface area contributed by atoms with E-state index in [1.165, 1.54) is 22.7 Å². The second-order valence-electron chi connectivity index (χ2n) is 6.04. The number of nitrogens with zero attached hydrogens (tertiary/aromatic N) is 4. The summed E-state index contributed by atoms with van der Waals surface area (Å²) < 4.78 is 53.4. The molecule has 1 aliphatic heterocycles. The van der Waals surface area contributed by atoms with Gasteiger partial charge >= 0.3 is 118 Å². The number of imidazole rings is 1. The van der Waals surface area contributed by atoms with Crippen LogP contribution in [0, 0.1) is 0 Å². The molecule has 0 amide bonds. The van der Waals surface area contributed by atoms with Crippen LogP contribution in [0.3, 0.4) is 0 Å². The van der Waals surface area contributed by atoms with Crippen molar-refractivity contribution in [1.29, 1.82) is 0 Å². The summed E-state index contributed by atoms with van der Waals surface area (Å²) in [5.41, 5.74) is 6.28. The van der Waals surface area contributed by atoms with Crippen molar-refractivity contribution in [3.63, 3.8) is 0 Å². The molecule has 1 aliphatic rings. The minimum atomic E-state index is -5.97. The Labute approximate surface area is 304 Å². The SMILES string of the molecule is [BH3-]P(=O)(OC[C@H]1O[C@@H](n2cnc3c(N)nc(SC)nc32)[C@H](O)[C@H]1O)OP(=O)([O-])OP(=O)([O-])[O-].[Na+].[Na+].[Na+].[Na+]. The molecule has 6 atom stereocenters. The Morgan fingerprint density at radius 2 is 1.73 bits per heavy atom. The normalized spacial score (nSPS) is 24.5. The van der Waals surface area contributed by atoms with Gasteiger partial charge in [0.25, 0.3) is 7.82 Å². The largest absolute Gasteiger partial charge is 1.00 e. The van der Waals surface area contributed by atoms with Crippen molar-refractivity contribution in [2.45, 2.75) is 29.7 Å². The van der Waals surface area contributed by atoms with E-state index in [0.29, 0.717) is 5.16 Å². The predicted molar refractivity (Wildman–Crippen MR) is 108 cm³/mol. The number of aliphatic hydroxyl groups excluding tert-OH is 2. The van der Waals surface area contributed by atoms with Crippen molar-refractivity contribution in [1.82, 2.24) is 19.5 Å². The number of anilines is 1. The minimum Gasteiger partial charge on any atom is -0.790 e. The number of hydrogen-bond donors (Lipinski definition) is 3. The van der Waals surface area contributed by atoms with Gasteiger partial charge in [0.05, 0.1) is 28.3 Å². The summed E-state index contributed by atoms with van der Waals surface area (Å²) in [5, 5.41) is 21.1. The molecule has 4 N–H and O–H groups in total. The molecule has 1 saturated heterocycles. The topological polar surface area (TPSA) is 267 Å². The summed E-state index contributed by atoms with van der Waals surface area (Å²) in [5.74, 6) is 0.0824. The molecule has 2 aromatic heterocycles. The van der Waals surface area contributed by atoms with Gasteiger partial charge in [0.15, 0.2) is 30.3 Å². The molecule has 3 rings (SSSR count). The van der Waals surface area contributed by atoms with Gasteiger partial charge in [-0.05, 0) is 6.26 Å². The molecule has 0 spiro atoms. The molecule has 0 radical (unpaired) electrons. The zero-order valence-corrected chi connectivity index (χ0v) is 31.2. The third-order valence-electron chi connectivity index (χ3n) is 3.93. The van der Waals surface area contributed by atoms with E-state index in [1.807, 2.05) is 0 Å². The number of rotatable bonds is 9. The van der Waals surface area contributed by atoms with Gasteiger partial charge in [-0.1, -0.05) is 11.8 Å². The van der Waals surface area contributed by atoms with E-state index < -0.39 is 61.8 Å². The fourth-order valence-electron chi connectivity index (χ4n) is 2.67. The van der Waals surface area contributed by atoms with E-state index in [9.17, 15) is 38.6 Å². The van der Waals surface area contributed by atoms with Crippen LogP contribution in [0.4, 0.5) is 5.82 Å². The van der Waals surface area contributed by atoms with Crippen molar-refractivity contribution < 1.29 is 175 Å². The molecular weight excluding hydrogens is 622 g/mol. The molecule has 0 bridgehead atoms. The molecule has 0 aliphatic carbocycles. The molecular formula is C11H17BN5Na4O12P3S. The summed E-state index contributed by atoms with van der Waals surface area (Å²) in [6.07, 6.45) is -2.68. The van der Waals surface area contributed by atoms with E-state index in [4.69, 9.17) is 15.0 Å². The van der Waals surface area contributed by atoms with Gasteiger partial charge in [-0.25, -0.2) is 15.0 Å². The van der Waals surface area contributed by atoms with E-state index in [-0.39, 0.29) is 135 Å². The van der Waals surface area contributed by atoms with Gasteiger partial charge in [-0.3, -0.25) is 17.8 Å². The smallest absolute Gasteiger partial charge is 0.790 e. The van der Waals surface area contributed by atoms with Crippen molar-refractivity contribution in [2.24, 2.45) is 0 Å². The van der Waals surface area contributed by atoms with Crippen molar-refractivity contribution in [2.75, 3.05) is 18.6 Å². The molecule has 3 heterocycles. The number of fused-ring (bicyclic) bond motifs is 1. The van der Waals surface area contributed by atoms with Crippen LogP contribution in [0.5, 0.6) is 0 Å². The monoisotopic (exact) mass is 639 g/mol. The zero-order valence-electron chi connectivity index (χ0n) is 19.7. The fourth-order valence-corrected chi connectivity index (χ4v) is 5.51. The predicted octanol–water partition coefficient (Wildman–Crippen LogP) is -15.4. The molecule has 26 heteroatoms. The molecule has 0 saturated carbocycles. The van der Waals surface area contributed by atoms with Crippen LogP contribution in [0.25, 0.3) is 11.2 Å². The van der Waals surface area contributed by atoms with Crippen LogP contribution in [0.2, 0.25) is 0 Å². The number of nitrogens with two attached hydrogens (primary N) is 1. The van der Waals surface area contributed by atoms with Gasteiger partial charge < -0.3 is 49.0 Å². The molecule has 2 unspecified atom stereocenters. The Bertz CT molecular complexity index is 1200. The maximum absolute atomic E-state index is 12.3. The van der Waals surface area contributed by atoms with Crippen LogP contribution in [0.15, 0.2) is 11.5 Å². The first kappa shape index (κ1) is 42.2. The van der Waals surface area contributed by atoms with E-state index in [1.54, 1.807) is 6.26 Å². The van der Waals surface area contributed by atoms with Crippen LogP contribution in [0.1, 0.15) is 6.23 Å². The number of aliphatic hydroxyl groups is 2. The molecule has 17 nitrogen and oxygen atoms in total. The van der Waals surface area contributed by atoms with Gasteiger partial charge in [-0.2, -0.15) is 0 Å². The molecule has 2 aromatic rings. The Balaban J connectivity index is 0. The Kier molecular flexibility index (Phi) is 19.2. The Hall–Kier alpha value is 3.09. The first-order valence-corrected chi connectivity index (χ1v) is 13.5. The summed E-state index contributed by atoms with van der Waals surface area (Å²) >= 11 is 1.20. The van der Waals surface area contributed by atoms with Gasteiger partial charge in [0.2, 0.25) is 0 Å². The third-order valence-corrected chi connectivity index (χ3v) is 7.77. The Morgan fingerprint density at radius 1 is 1.14 bits per heavy atom. The van der Waals surface area contributed by atoms with Gasteiger partial charge in [-0.15, -0.1) is 0 Å². The Morgan fingerprint density at radius 3 is 2.27 bits per heavy atom. The van der Waals surface area contributed by atoms with Gasteiger partial charge in [0, 0.05) is 0 Å². The number of ether oxygens (including phenoxy) is 1. The zero-order chi connectivity index (χ0) is 24.8. The second kappa shape index (κ2) is 16.8. The van der Waals surface area contributed by atoms with E-state index in [0.717, 1.165) is 0 Å². The number of aromatic nitrogens is 4. The number of thioether (sulfide) groups is 1. The number of hydrogen-bond acceptors (Lipinski definition) is 17.